The molecule has 0 bridgehead atoms. The van der Waals surface area contributed by atoms with Gasteiger partial charge in [-0.15, -0.1) is 0 Å². The zero-order chi connectivity index (χ0) is 28.6. The van der Waals surface area contributed by atoms with Crippen molar-refractivity contribution in [2.75, 3.05) is 23.3 Å². The lowest BCUT2D eigenvalue weighted by molar-refractivity contribution is -0.192. The predicted octanol–water partition coefficient (Wildman–Crippen LogP) is 6.04. The Morgan fingerprint density at radius 3 is 2.13 bits per heavy atom. The summed E-state index contributed by atoms with van der Waals surface area (Å²) in [5, 5.41) is 19.6. The van der Waals surface area contributed by atoms with E-state index in [1.165, 1.54) is 5.56 Å². The summed E-state index contributed by atoms with van der Waals surface area (Å²) in [6, 6.07) is 23.0. The SMILES string of the molecule is Cc1cccc(C(=O)Nc2ccc(N3CCC(Cc4ccccc4)CC3)cc2C(=O)O)c1.O=C(O)C(F)(F)F. The minimum atomic E-state index is -5.08. The number of nitrogens with one attached hydrogen (secondary N) is 1. The van der Waals surface area contributed by atoms with Crippen LogP contribution in [0.1, 0.15) is 44.7 Å². The number of carbonyl (C=O) groups is 3. The van der Waals surface area contributed by atoms with E-state index in [-0.39, 0.29) is 11.5 Å². The highest BCUT2D eigenvalue weighted by molar-refractivity contribution is 6.08. The average molecular weight is 543 g/mol. The van der Waals surface area contributed by atoms with Gasteiger partial charge in [0.25, 0.3) is 5.91 Å². The molecule has 1 saturated heterocycles. The first-order valence-corrected chi connectivity index (χ1v) is 12.3. The van der Waals surface area contributed by atoms with Gasteiger partial charge in [0.1, 0.15) is 0 Å². The predicted molar refractivity (Wildman–Crippen MR) is 141 cm³/mol. The second-order valence-electron chi connectivity index (χ2n) is 9.28. The van der Waals surface area contributed by atoms with E-state index in [0.717, 1.165) is 43.6 Å². The van der Waals surface area contributed by atoms with Crippen molar-refractivity contribution in [3.8, 4) is 0 Å². The van der Waals surface area contributed by atoms with Gasteiger partial charge in [-0.05, 0) is 68.0 Å². The van der Waals surface area contributed by atoms with Crippen LogP contribution < -0.4 is 10.2 Å². The number of rotatable bonds is 6. The number of carboxylic acid groups (broad SMARTS) is 2. The van der Waals surface area contributed by atoms with Gasteiger partial charge in [0.2, 0.25) is 0 Å². The van der Waals surface area contributed by atoms with Gasteiger partial charge < -0.3 is 20.4 Å². The molecule has 0 atom stereocenters. The van der Waals surface area contributed by atoms with Crippen molar-refractivity contribution in [2.24, 2.45) is 5.92 Å². The number of halogens is 3. The summed E-state index contributed by atoms with van der Waals surface area (Å²) in [5.41, 5.74) is 4.15. The van der Waals surface area contributed by atoms with Crippen molar-refractivity contribution in [3.05, 3.63) is 95.1 Å². The maximum Gasteiger partial charge on any atom is 0.490 e. The number of nitrogens with zero attached hydrogens (tertiary/aromatic N) is 1. The first-order valence-electron chi connectivity index (χ1n) is 12.3. The molecule has 1 aliphatic rings. The molecule has 3 aromatic carbocycles. The number of aromatic carboxylic acids is 1. The van der Waals surface area contributed by atoms with E-state index in [4.69, 9.17) is 9.90 Å². The number of carboxylic acids is 2. The number of hydrogen-bond acceptors (Lipinski definition) is 4. The maximum atomic E-state index is 12.6. The molecule has 7 nitrogen and oxygen atoms in total. The van der Waals surface area contributed by atoms with E-state index in [1.54, 1.807) is 24.3 Å². The number of carbonyl (C=O) groups excluding carboxylic acids is 1. The molecule has 1 amide bonds. The van der Waals surface area contributed by atoms with E-state index in [9.17, 15) is 27.9 Å². The van der Waals surface area contributed by atoms with E-state index in [2.05, 4.69) is 34.5 Å². The monoisotopic (exact) mass is 542 g/mol. The number of piperidine rings is 1. The number of benzene rings is 3. The highest BCUT2D eigenvalue weighted by Gasteiger charge is 2.38. The van der Waals surface area contributed by atoms with Gasteiger partial charge in [0.15, 0.2) is 0 Å². The highest BCUT2D eigenvalue weighted by Crippen LogP contribution is 2.29. The Bertz CT molecular complexity index is 1300. The van der Waals surface area contributed by atoms with Crippen molar-refractivity contribution >= 4 is 29.2 Å². The minimum Gasteiger partial charge on any atom is -0.478 e. The van der Waals surface area contributed by atoms with Gasteiger partial charge in [-0.1, -0.05) is 48.0 Å². The van der Waals surface area contributed by atoms with Crippen LogP contribution in [0.4, 0.5) is 24.5 Å². The molecule has 0 aromatic heterocycles. The Labute approximate surface area is 223 Å². The second-order valence-corrected chi connectivity index (χ2v) is 9.28. The molecule has 4 rings (SSSR count). The molecular formula is C29H29F3N2O5. The van der Waals surface area contributed by atoms with Crippen molar-refractivity contribution in [2.45, 2.75) is 32.4 Å². The Hall–Kier alpha value is -4.34. The largest absolute Gasteiger partial charge is 0.490 e. The summed E-state index contributed by atoms with van der Waals surface area (Å²) < 4.78 is 31.7. The summed E-state index contributed by atoms with van der Waals surface area (Å²) in [6.07, 6.45) is -1.86. The summed E-state index contributed by atoms with van der Waals surface area (Å²) in [4.78, 5) is 35.6. The van der Waals surface area contributed by atoms with Gasteiger partial charge in [-0.2, -0.15) is 13.2 Å². The summed E-state index contributed by atoms with van der Waals surface area (Å²) in [7, 11) is 0. The highest BCUT2D eigenvalue weighted by atomic mass is 19.4. The molecule has 1 fully saturated rings. The fourth-order valence-electron chi connectivity index (χ4n) is 4.34. The molecule has 1 heterocycles. The molecule has 206 valence electrons. The minimum absolute atomic E-state index is 0.106. The van der Waals surface area contributed by atoms with Crippen molar-refractivity contribution in [1.29, 1.82) is 0 Å². The third kappa shape index (κ3) is 8.59. The molecule has 0 radical (unpaired) electrons. The van der Waals surface area contributed by atoms with E-state index >= 15 is 0 Å². The summed E-state index contributed by atoms with van der Waals surface area (Å²) in [5.74, 6) is -3.48. The third-order valence-corrected chi connectivity index (χ3v) is 6.35. The van der Waals surface area contributed by atoms with Crippen molar-refractivity contribution < 1.29 is 37.8 Å². The lowest BCUT2D eigenvalue weighted by Crippen LogP contribution is -2.34. The van der Waals surface area contributed by atoms with Crippen LogP contribution in [0.3, 0.4) is 0 Å². The topological polar surface area (TPSA) is 107 Å². The van der Waals surface area contributed by atoms with Crippen LogP contribution in [-0.4, -0.2) is 47.3 Å². The van der Waals surface area contributed by atoms with Gasteiger partial charge in [0, 0.05) is 24.3 Å². The van der Waals surface area contributed by atoms with Crippen LogP contribution in [-0.2, 0) is 11.2 Å². The number of hydrogen-bond donors (Lipinski definition) is 3. The van der Waals surface area contributed by atoms with Crippen LogP contribution in [0.2, 0.25) is 0 Å². The zero-order valence-corrected chi connectivity index (χ0v) is 21.2. The molecule has 0 unspecified atom stereocenters. The van der Waals surface area contributed by atoms with Crippen molar-refractivity contribution in [1.82, 2.24) is 0 Å². The molecule has 3 aromatic rings. The lowest BCUT2D eigenvalue weighted by atomic mass is 9.90. The normalized spacial score (nSPS) is 13.7. The van der Waals surface area contributed by atoms with E-state index in [0.29, 0.717) is 17.2 Å². The Kier molecular flexibility index (Phi) is 9.70. The number of anilines is 2. The van der Waals surface area contributed by atoms with Crippen LogP contribution in [0.5, 0.6) is 0 Å². The maximum absolute atomic E-state index is 12.6. The van der Waals surface area contributed by atoms with E-state index in [1.807, 2.05) is 31.2 Å². The molecule has 39 heavy (non-hydrogen) atoms. The third-order valence-electron chi connectivity index (χ3n) is 6.35. The Morgan fingerprint density at radius 2 is 1.56 bits per heavy atom. The molecule has 1 aliphatic heterocycles. The number of aliphatic carboxylic acids is 1. The Morgan fingerprint density at radius 1 is 0.923 bits per heavy atom. The van der Waals surface area contributed by atoms with Crippen molar-refractivity contribution in [3.63, 3.8) is 0 Å². The molecule has 0 aliphatic carbocycles. The van der Waals surface area contributed by atoms with Gasteiger partial charge in [-0.3, -0.25) is 4.79 Å². The number of amides is 1. The summed E-state index contributed by atoms with van der Waals surface area (Å²) in [6.45, 7) is 3.70. The zero-order valence-electron chi connectivity index (χ0n) is 21.2. The fourth-order valence-corrected chi connectivity index (χ4v) is 4.34. The molecule has 10 heteroatoms. The second kappa shape index (κ2) is 12.9. The number of alkyl halides is 3. The smallest absolute Gasteiger partial charge is 0.478 e. The lowest BCUT2D eigenvalue weighted by Gasteiger charge is -2.34. The molecule has 0 saturated carbocycles. The van der Waals surface area contributed by atoms with Crippen LogP contribution >= 0.6 is 0 Å². The molecule has 3 N–H and O–H groups in total. The molecular weight excluding hydrogens is 513 g/mol. The first kappa shape index (κ1) is 29.2. The van der Waals surface area contributed by atoms with E-state index < -0.39 is 18.1 Å². The quantitative estimate of drug-likeness (QED) is 0.351. The van der Waals surface area contributed by atoms with Crippen LogP contribution in [0.25, 0.3) is 0 Å². The standard InChI is InChI=1S/C27H28N2O3.C2HF3O2/c1-19-6-5-9-22(16-19)26(30)28-25-11-10-23(18-24(25)27(31)32)29-14-12-21(13-15-29)17-20-7-3-2-4-8-20;3-2(4,5)1(6)7/h2-11,16,18,21H,12-15,17H2,1H3,(H,28,30)(H,31,32);(H,6,7). The number of aryl methyl sites for hydroxylation is 1. The van der Waals surface area contributed by atoms with Gasteiger partial charge in [0.05, 0.1) is 11.3 Å². The fraction of sp³-hybridized carbons (Fsp3) is 0.276. The van der Waals surface area contributed by atoms with Gasteiger partial charge in [-0.25, -0.2) is 9.59 Å². The van der Waals surface area contributed by atoms with Crippen LogP contribution in [0, 0.1) is 12.8 Å². The van der Waals surface area contributed by atoms with Crippen LogP contribution in [0.15, 0.2) is 72.8 Å². The first-order chi connectivity index (χ1) is 18.4. The van der Waals surface area contributed by atoms with Gasteiger partial charge >= 0.3 is 18.1 Å². The molecule has 0 spiro atoms. The average Bonchev–Trinajstić information content (AvgIpc) is 2.89. The summed E-state index contributed by atoms with van der Waals surface area (Å²) >= 11 is 0. The Balaban J connectivity index is 0.000000532.